The number of hydrogen-bond acceptors (Lipinski definition) is 4. The predicted octanol–water partition coefficient (Wildman–Crippen LogP) is 1.57. The summed E-state index contributed by atoms with van der Waals surface area (Å²) in [6, 6.07) is 4.07. The summed E-state index contributed by atoms with van der Waals surface area (Å²) in [6.45, 7) is 4.44. The van der Waals surface area contributed by atoms with E-state index in [1.807, 2.05) is 26.0 Å². The maximum Gasteiger partial charge on any atom is 0.226 e. The molecule has 23 heavy (non-hydrogen) atoms. The molecule has 0 bridgehead atoms. The fourth-order valence-electron chi connectivity index (χ4n) is 3.00. The average molecular weight is 335 g/mol. The molecule has 0 unspecified atom stereocenters. The van der Waals surface area contributed by atoms with Crippen LogP contribution in [0.3, 0.4) is 0 Å². The second-order valence-electron chi connectivity index (χ2n) is 6.43. The second kappa shape index (κ2) is 5.63. The third kappa shape index (κ3) is 3.24. The van der Waals surface area contributed by atoms with Gasteiger partial charge in [-0.15, -0.1) is 0 Å². The van der Waals surface area contributed by atoms with Gasteiger partial charge in [-0.3, -0.25) is 4.79 Å². The van der Waals surface area contributed by atoms with E-state index in [1.54, 1.807) is 11.9 Å². The summed E-state index contributed by atoms with van der Waals surface area (Å²) in [5.74, 6) is 0.245. The SMILES string of the molecule is Cc1cc2nc(CN(C)C(=O)[C@@H]3CCS(=O)(=O)C3)[nH]c2cc1C. The van der Waals surface area contributed by atoms with Crippen LogP contribution in [0.2, 0.25) is 0 Å². The van der Waals surface area contributed by atoms with Crippen LogP contribution in [-0.2, 0) is 21.2 Å². The van der Waals surface area contributed by atoms with Gasteiger partial charge in [-0.25, -0.2) is 13.4 Å². The molecule has 1 fully saturated rings. The Morgan fingerprint density at radius 1 is 1.35 bits per heavy atom. The van der Waals surface area contributed by atoms with E-state index in [4.69, 9.17) is 0 Å². The van der Waals surface area contributed by atoms with Crippen LogP contribution in [-0.4, -0.2) is 47.7 Å². The number of aromatic nitrogens is 2. The highest BCUT2D eigenvalue weighted by Gasteiger charge is 2.34. The van der Waals surface area contributed by atoms with E-state index in [-0.39, 0.29) is 17.4 Å². The van der Waals surface area contributed by atoms with Crippen LogP contribution in [0.25, 0.3) is 11.0 Å². The van der Waals surface area contributed by atoms with Gasteiger partial charge in [0.2, 0.25) is 5.91 Å². The van der Waals surface area contributed by atoms with Crippen molar-refractivity contribution in [3.8, 4) is 0 Å². The van der Waals surface area contributed by atoms with Crippen molar-refractivity contribution in [1.82, 2.24) is 14.9 Å². The molecule has 1 saturated heterocycles. The summed E-state index contributed by atoms with van der Waals surface area (Å²) in [7, 11) is -1.36. The Morgan fingerprint density at radius 2 is 2.04 bits per heavy atom. The molecule has 1 aliphatic rings. The van der Waals surface area contributed by atoms with E-state index in [9.17, 15) is 13.2 Å². The molecule has 3 rings (SSSR count). The third-order valence-electron chi connectivity index (χ3n) is 4.49. The highest BCUT2D eigenvalue weighted by Crippen LogP contribution is 2.22. The highest BCUT2D eigenvalue weighted by atomic mass is 32.2. The summed E-state index contributed by atoms with van der Waals surface area (Å²) < 4.78 is 23.0. The van der Waals surface area contributed by atoms with Crippen molar-refractivity contribution in [2.75, 3.05) is 18.6 Å². The Bertz CT molecular complexity index is 831. The first kappa shape index (κ1) is 16.0. The summed E-state index contributed by atoms with van der Waals surface area (Å²) in [4.78, 5) is 21.7. The molecule has 1 aromatic heterocycles. The first-order chi connectivity index (χ1) is 10.7. The number of H-pyrrole nitrogens is 1. The number of benzene rings is 1. The number of aromatic amines is 1. The minimum atomic E-state index is -3.05. The molecular formula is C16H21N3O3S. The van der Waals surface area contributed by atoms with Gasteiger partial charge in [-0.2, -0.15) is 0 Å². The maximum absolute atomic E-state index is 12.4. The molecule has 1 aliphatic heterocycles. The molecule has 0 aliphatic carbocycles. The van der Waals surface area contributed by atoms with Gasteiger partial charge in [0.05, 0.1) is 35.0 Å². The number of carbonyl (C=O) groups is 1. The molecule has 0 saturated carbocycles. The molecule has 0 spiro atoms. The lowest BCUT2D eigenvalue weighted by Gasteiger charge is -2.19. The second-order valence-corrected chi connectivity index (χ2v) is 8.66. The standard InChI is InChI=1S/C16H21N3O3S/c1-10-6-13-14(7-11(10)2)18-15(17-13)8-19(3)16(20)12-4-5-23(21,22)9-12/h6-7,12H,4-5,8-9H2,1-3H3,(H,17,18)/t12-/m1/s1. The lowest BCUT2D eigenvalue weighted by Crippen LogP contribution is -2.33. The minimum absolute atomic E-state index is 0.0330. The topological polar surface area (TPSA) is 83.1 Å². The van der Waals surface area contributed by atoms with Crippen molar-refractivity contribution in [3.63, 3.8) is 0 Å². The number of aryl methyl sites for hydroxylation is 2. The molecule has 6 nitrogen and oxygen atoms in total. The largest absolute Gasteiger partial charge is 0.340 e. The van der Waals surface area contributed by atoms with Gasteiger partial charge in [0, 0.05) is 7.05 Å². The van der Waals surface area contributed by atoms with Crippen LogP contribution >= 0.6 is 0 Å². The molecule has 1 amide bonds. The van der Waals surface area contributed by atoms with Crippen molar-refractivity contribution in [3.05, 3.63) is 29.1 Å². The Morgan fingerprint density at radius 3 is 2.70 bits per heavy atom. The summed E-state index contributed by atoms with van der Waals surface area (Å²) in [5.41, 5.74) is 4.20. The van der Waals surface area contributed by atoms with Crippen molar-refractivity contribution in [2.45, 2.75) is 26.8 Å². The molecule has 2 heterocycles. The van der Waals surface area contributed by atoms with Crippen LogP contribution in [0.5, 0.6) is 0 Å². The van der Waals surface area contributed by atoms with Crippen LogP contribution in [0, 0.1) is 19.8 Å². The van der Waals surface area contributed by atoms with Crippen LogP contribution in [0.15, 0.2) is 12.1 Å². The zero-order valence-corrected chi connectivity index (χ0v) is 14.4. The number of hydrogen-bond donors (Lipinski definition) is 1. The van der Waals surface area contributed by atoms with E-state index in [0.717, 1.165) is 11.0 Å². The normalized spacial score (nSPS) is 20.0. The number of nitrogens with one attached hydrogen (secondary N) is 1. The third-order valence-corrected chi connectivity index (χ3v) is 6.26. The fourth-order valence-corrected chi connectivity index (χ4v) is 4.73. The van der Waals surface area contributed by atoms with Gasteiger partial charge >= 0.3 is 0 Å². The molecule has 2 aromatic rings. The number of imidazole rings is 1. The Hall–Kier alpha value is -1.89. The summed E-state index contributed by atoms with van der Waals surface area (Å²) in [6.07, 6.45) is 0.421. The van der Waals surface area contributed by atoms with Gasteiger partial charge in [0.1, 0.15) is 5.82 Å². The van der Waals surface area contributed by atoms with E-state index < -0.39 is 15.8 Å². The number of carbonyl (C=O) groups excluding carboxylic acids is 1. The van der Waals surface area contributed by atoms with Crippen LogP contribution in [0.4, 0.5) is 0 Å². The highest BCUT2D eigenvalue weighted by molar-refractivity contribution is 7.91. The number of sulfone groups is 1. The van der Waals surface area contributed by atoms with Gasteiger partial charge in [-0.05, 0) is 43.5 Å². The van der Waals surface area contributed by atoms with Crippen LogP contribution in [0.1, 0.15) is 23.4 Å². The lowest BCUT2D eigenvalue weighted by molar-refractivity contribution is -0.134. The molecule has 0 radical (unpaired) electrons. The summed E-state index contributed by atoms with van der Waals surface area (Å²) >= 11 is 0. The fraction of sp³-hybridized carbons (Fsp3) is 0.500. The van der Waals surface area contributed by atoms with Crippen molar-refractivity contribution >= 4 is 26.8 Å². The van der Waals surface area contributed by atoms with E-state index in [2.05, 4.69) is 9.97 Å². The minimum Gasteiger partial charge on any atom is -0.340 e. The zero-order valence-electron chi connectivity index (χ0n) is 13.6. The van der Waals surface area contributed by atoms with Gasteiger partial charge < -0.3 is 9.88 Å². The Labute approximate surface area is 135 Å². The number of amides is 1. The number of fused-ring (bicyclic) bond motifs is 1. The molecular weight excluding hydrogens is 314 g/mol. The van der Waals surface area contributed by atoms with Gasteiger partial charge in [0.15, 0.2) is 9.84 Å². The number of nitrogens with zero attached hydrogens (tertiary/aromatic N) is 2. The van der Waals surface area contributed by atoms with Gasteiger partial charge in [-0.1, -0.05) is 0 Å². The number of rotatable bonds is 3. The van der Waals surface area contributed by atoms with Crippen LogP contribution < -0.4 is 0 Å². The Kier molecular flexibility index (Phi) is 3.91. The predicted molar refractivity (Wildman–Crippen MR) is 88.8 cm³/mol. The average Bonchev–Trinajstić information content (AvgIpc) is 3.01. The van der Waals surface area contributed by atoms with Crippen molar-refractivity contribution in [1.29, 1.82) is 0 Å². The van der Waals surface area contributed by atoms with E-state index in [0.29, 0.717) is 18.8 Å². The molecule has 1 atom stereocenters. The first-order valence-electron chi connectivity index (χ1n) is 7.66. The smallest absolute Gasteiger partial charge is 0.226 e. The molecule has 1 N–H and O–H groups in total. The van der Waals surface area contributed by atoms with Gasteiger partial charge in [0.25, 0.3) is 0 Å². The maximum atomic E-state index is 12.4. The zero-order chi connectivity index (χ0) is 16.8. The van der Waals surface area contributed by atoms with E-state index in [1.165, 1.54) is 11.1 Å². The van der Waals surface area contributed by atoms with Crippen molar-refractivity contribution < 1.29 is 13.2 Å². The molecule has 7 heteroatoms. The molecule has 124 valence electrons. The monoisotopic (exact) mass is 335 g/mol. The van der Waals surface area contributed by atoms with E-state index >= 15 is 0 Å². The Balaban J connectivity index is 1.75. The lowest BCUT2D eigenvalue weighted by atomic mass is 10.1. The summed E-state index contributed by atoms with van der Waals surface area (Å²) in [5, 5.41) is 0. The quantitative estimate of drug-likeness (QED) is 0.923. The first-order valence-corrected chi connectivity index (χ1v) is 9.48. The van der Waals surface area contributed by atoms with Crippen molar-refractivity contribution in [2.24, 2.45) is 5.92 Å². The molecule has 1 aromatic carbocycles.